The molecular formula is C23H25ClO6S. The Morgan fingerprint density at radius 2 is 1.84 bits per heavy atom. The van der Waals surface area contributed by atoms with Crippen molar-refractivity contribution >= 4 is 23.4 Å². The fourth-order valence-corrected chi connectivity index (χ4v) is 4.74. The largest absolute Gasteiger partial charge is 0.465 e. The third-order valence-corrected chi connectivity index (χ3v) is 6.98. The second kappa shape index (κ2) is 9.50. The number of thioether (sulfide) groups is 1. The van der Waals surface area contributed by atoms with Gasteiger partial charge in [-0.2, -0.15) is 0 Å². The minimum absolute atomic E-state index is 0.471. The van der Waals surface area contributed by atoms with Gasteiger partial charge in [-0.3, -0.25) is 0 Å². The maximum absolute atomic E-state index is 10.7. The number of fused-ring (bicyclic) bond motifs is 1. The lowest BCUT2D eigenvalue weighted by molar-refractivity contribution is -0.232. The Kier molecular flexibility index (Phi) is 6.93. The van der Waals surface area contributed by atoms with E-state index >= 15 is 0 Å². The van der Waals surface area contributed by atoms with Crippen molar-refractivity contribution in [1.82, 2.24) is 0 Å². The van der Waals surface area contributed by atoms with Gasteiger partial charge in [0, 0.05) is 16.0 Å². The molecule has 2 aliphatic rings. The maximum Gasteiger partial charge on any atom is 0.137 e. The zero-order chi connectivity index (χ0) is 22.1. The number of allylic oxidation sites excluding steroid dienone is 1. The van der Waals surface area contributed by atoms with E-state index in [1.807, 2.05) is 30.5 Å². The molecule has 0 bridgehead atoms. The molecule has 2 aromatic rings. The second-order valence-corrected chi connectivity index (χ2v) is 8.97. The van der Waals surface area contributed by atoms with E-state index in [0.717, 1.165) is 16.7 Å². The number of hydrogen-bond acceptors (Lipinski definition) is 7. The molecule has 0 spiro atoms. The number of aliphatic hydroxyl groups excluding tert-OH is 4. The Morgan fingerprint density at radius 1 is 1.10 bits per heavy atom. The fraction of sp³-hybridized carbons (Fsp3) is 0.391. The van der Waals surface area contributed by atoms with Crippen LogP contribution in [-0.2, 0) is 17.6 Å². The van der Waals surface area contributed by atoms with Gasteiger partial charge >= 0.3 is 0 Å². The number of hydrogen-bond donors (Lipinski definition) is 4. The van der Waals surface area contributed by atoms with E-state index in [9.17, 15) is 20.4 Å². The van der Waals surface area contributed by atoms with E-state index in [-0.39, 0.29) is 0 Å². The van der Waals surface area contributed by atoms with Crippen molar-refractivity contribution in [3.05, 3.63) is 69.9 Å². The van der Waals surface area contributed by atoms with Gasteiger partial charge < -0.3 is 29.9 Å². The molecule has 0 unspecified atom stereocenters. The van der Waals surface area contributed by atoms with E-state index in [2.05, 4.69) is 12.1 Å². The highest BCUT2D eigenvalue weighted by molar-refractivity contribution is 7.98. The molecular weight excluding hydrogens is 440 g/mol. The van der Waals surface area contributed by atoms with Crippen LogP contribution in [0, 0.1) is 0 Å². The summed E-state index contributed by atoms with van der Waals surface area (Å²) in [6.45, 7) is -0.493. The molecule has 166 valence electrons. The average Bonchev–Trinajstić information content (AvgIpc) is 2.80. The number of benzene rings is 2. The quantitative estimate of drug-likeness (QED) is 0.505. The van der Waals surface area contributed by atoms with Gasteiger partial charge in [0.25, 0.3) is 0 Å². The average molecular weight is 465 g/mol. The van der Waals surface area contributed by atoms with Crippen molar-refractivity contribution < 1.29 is 29.9 Å². The molecule has 0 aliphatic carbocycles. The SMILES string of the molecule is CSc1ccc(Cc2cc([C@@H]3O[C@H](CO)[C@@H](O)[C@H](O)[C@H]3O)c3c(c2Cl)CC=CO3)cc1. The lowest BCUT2D eigenvalue weighted by Crippen LogP contribution is -2.55. The summed E-state index contributed by atoms with van der Waals surface area (Å²) in [4.78, 5) is 1.17. The summed E-state index contributed by atoms with van der Waals surface area (Å²) in [5.41, 5.74) is 3.21. The highest BCUT2D eigenvalue weighted by atomic mass is 35.5. The van der Waals surface area contributed by atoms with Crippen LogP contribution < -0.4 is 4.74 Å². The van der Waals surface area contributed by atoms with Gasteiger partial charge in [-0.05, 0) is 54.5 Å². The lowest BCUT2D eigenvalue weighted by Gasteiger charge is -2.41. The Morgan fingerprint density at radius 3 is 2.52 bits per heavy atom. The van der Waals surface area contributed by atoms with E-state index in [4.69, 9.17) is 21.1 Å². The van der Waals surface area contributed by atoms with Crippen LogP contribution >= 0.6 is 23.4 Å². The molecule has 1 saturated heterocycles. The van der Waals surface area contributed by atoms with Crippen molar-refractivity contribution in [3.8, 4) is 5.75 Å². The summed E-state index contributed by atoms with van der Waals surface area (Å²) in [6.07, 6.45) is 0.254. The number of ether oxygens (including phenoxy) is 2. The van der Waals surface area contributed by atoms with E-state index in [0.29, 0.717) is 29.2 Å². The highest BCUT2D eigenvalue weighted by Crippen LogP contribution is 2.44. The summed E-state index contributed by atoms with van der Waals surface area (Å²) in [6, 6.07) is 10.0. The first-order valence-electron chi connectivity index (χ1n) is 10.0. The van der Waals surface area contributed by atoms with E-state index < -0.39 is 37.1 Å². The van der Waals surface area contributed by atoms with Crippen LogP contribution in [0.5, 0.6) is 5.75 Å². The van der Waals surface area contributed by atoms with Crippen molar-refractivity contribution in [2.45, 2.75) is 48.3 Å². The van der Waals surface area contributed by atoms with Gasteiger partial charge in [-0.1, -0.05) is 23.7 Å². The molecule has 2 heterocycles. The third kappa shape index (κ3) is 4.36. The van der Waals surface area contributed by atoms with Crippen LogP contribution in [0.15, 0.2) is 47.6 Å². The summed E-state index contributed by atoms with van der Waals surface area (Å²) in [7, 11) is 0. The van der Waals surface area contributed by atoms with Gasteiger partial charge in [0.05, 0.1) is 17.9 Å². The predicted octanol–water partition coefficient (Wildman–Crippen LogP) is 2.62. The van der Waals surface area contributed by atoms with E-state index in [1.165, 1.54) is 4.90 Å². The Hall–Kier alpha value is -1.58. The second-order valence-electron chi connectivity index (χ2n) is 7.71. The molecule has 2 aromatic carbocycles. The van der Waals surface area contributed by atoms with Crippen molar-refractivity contribution in [2.24, 2.45) is 0 Å². The third-order valence-electron chi connectivity index (χ3n) is 5.77. The molecule has 2 aliphatic heterocycles. The molecule has 4 rings (SSSR count). The van der Waals surface area contributed by atoms with Crippen LogP contribution in [0.3, 0.4) is 0 Å². The normalized spacial score (nSPS) is 27.6. The summed E-state index contributed by atoms with van der Waals surface area (Å²) >= 11 is 8.41. The monoisotopic (exact) mass is 464 g/mol. The van der Waals surface area contributed by atoms with Crippen LogP contribution in [0.2, 0.25) is 5.02 Å². The van der Waals surface area contributed by atoms with E-state index in [1.54, 1.807) is 18.0 Å². The molecule has 0 radical (unpaired) electrons. The predicted molar refractivity (Wildman–Crippen MR) is 119 cm³/mol. The summed E-state index contributed by atoms with van der Waals surface area (Å²) < 4.78 is 11.5. The molecule has 4 N–H and O–H groups in total. The molecule has 1 fully saturated rings. The highest BCUT2D eigenvalue weighted by Gasteiger charge is 2.45. The first-order valence-corrected chi connectivity index (χ1v) is 11.6. The van der Waals surface area contributed by atoms with Crippen LogP contribution in [0.4, 0.5) is 0 Å². The first kappa shape index (κ1) is 22.6. The first-order chi connectivity index (χ1) is 14.9. The minimum Gasteiger partial charge on any atom is -0.465 e. The summed E-state index contributed by atoms with van der Waals surface area (Å²) in [5.74, 6) is 0.471. The topological polar surface area (TPSA) is 99.4 Å². The molecule has 0 saturated carbocycles. The molecule has 31 heavy (non-hydrogen) atoms. The minimum atomic E-state index is -1.47. The zero-order valence-corrected chi connectivity index (χ0v) is 18.5. The van der Waals surface area contributed by atoms with Crippen molar-refractivity contribution in [3.63, 3.8) is 0 Å². The Balaban J connectivity index is 1.76. The number of rotatable bonds is 5. The molecule has 8 heteroatoms. The Bertz CT molecular complexity index is 962. The fourth-order valence-electron chi connectivity index (χ4n) is 4.05. The van der Waals surface area contributed by atoms with Gasteiger partial charge in [0.2, 0.25) is 0 Å². The standard InChI is InChI=1S/C23H25ClO6S/c1-31-14-6-4-12(5-7-14)9-13-10-16(22-15(18(13)24)3-2-8-29-22)23-21(28)20(27)19(26)17(11-25)30-23/h2,4-8,10,17,19-21,23,25-28H,3,9,11H2,1H3/t17-,19-,20+,21-,23+/m1/s1. The van der Waals surface area contributed by atoms with Crippen LogP contribution in [0.25, 0.3) is 0 Å². The smallest absolute Gasteiger partial charge is 0.137 e. The number of halogens is 1. The molecule has 5 atom stereocenters. The van der Waals surface area contributed by atoms with Gasteiger partial charge in [-0.25, -0.2) is 0 Å². The number of aliphatic hydroxyl groups is 4. The van der Waals surface area contributed by atoms with Crippen LogP contribution in [-0.4, -0.2) is 57.7 Å². The maximum atomic E-state index is 10.7. The summed E-state index contributed by atoms with van der Waals surface area (Å²) in [5, 5.41) is 41.2. The van der Waals surface area contributed by atoms with Crippen LogP contribution in [0.1, 0.15) is 28.4 Å². The zero-order valence-electron chi connectivity index (χ0n) is 16.9. The van der Waals surface area contributed by atoms with Gasteiger partial charge in [0.15, 0.2) is 0 Å². The molecule has 6 nitrogen and oxygen atoms in total. The van der Waals surface area contributed by atoms with Crippen molar-refractivity contribution in [2.75, 3.05) is 12.9 Å². The van der Waals surface area contributed by atoms with Gasteiger partial charge in [0.1, 0.15) is 36.3 Å². The lowest BCUT2D eigenvalue weighted by atomic mass is 9.87. The van der Waals surface area contributed by atoms with Gasteiger partial charge in [-0.15, -0.1) is 11.8 Å². The molecule has 0 amide bonds. The molecule has 0 aromatic heterocycles. The Labute approximate surface area is 190 Å². The van der Waals surface area contributed by atoms with Crippen molar-refractivity contribution in [1.29, 1.82) is 0 Å².